The quantitative estimate of drug-likeness (QED) is 0.941. The average molecular weight is 299 g/mol. The van der Waals surface area contributed by atoms with Gasteiger partial charge >= 0.3 is 0 Å². The minimum atomic E-state index is -0.162. The Morgan fingerprint density at radius 2 is 1.95 bits per heavy atom. The Labute approximate surface area is 130 Å². The fourth-order valence-electron chi connectivity index (χ4n) is 2.83. The second kappa shape index (κ2) is 6.25. The van der Waals surface area contributed by atoms with E-state index in [-0.39, 0.29) is 11.8 Å². The summed E-state index contributed by atoms with van der Waals surface area (Å²) in [4.78, 5) is 21.0. The Morgan fingerprint density at radius 3 is 2.59 bits per heavy atom. The molecule has 2 aromatic rings. The third-order valence-corrected chi connectivity index (χ3v) is 4.02. The van der Waals surface area contributed by atoms with Crippen LogP contribution in [0.3, 0.4) is 0 Å². The van der Waals surface area contributed by atoms with Gasteiger partial charge in [-0.3, -0.25) is 9.48 Å². The zero-order valence-electron chi connectivity index (χ0n) is 13.0. The molecule has 1 fully saturated rings. The number of amides is 1. The third kappa shape index (κ3) is 3.00. The summed E-state index contributed by atoms with van der Waals surface area (Å²) in [6.45, 7) is 4.07. The van der Waals surface area contributed by atoms with E-state index >= 15 is 0 Å². The lowest BCUT2D eigenvalue weighted by Gasteiger charge is -2.14. The zero-order chi connectivity index (χ0) is 15.5. The Hall–Kier alpha value is -2.24. The molecule has 0 atom stereocenters. The van der Waals surface area contributed by atoms with E-state index < -0.39 is 0 Å². The summed E-state index contributed by atoms with van der Waals surface area (Å²) in [5, 5.41) is 7.17. The molecule has 2 aromatic heterocycles. The van der Waals surface area contributed by atoms with Crippen LogP contribution in [0.25, 0.3) is 0 Å². The molecular weight excluding hydrogens is 278 g/mol. The lowest BCUT2D eigenvalue weighted by Crippen LogP contribution is -2.20. The van der Waals surface area contributed by atoms with Crippen molar-refractivity contribution in [1.29, 1.82) is 0 Å². The highest BCUT2D eigenvalue weighted by Gasteiger charge is 2.22. The van der Waals surface area contributed by atoms with Gasteiger partial charge in [0.15, 0.2) is 0 Å². The Bertz CT molecular complexity index is 641. The van der Waals surface area contributed by atoms with Crippen LogP contribution in [0, 0.1) is 0 Å². The highest BCUT2D eigenvalue weighted by atomic mass is 16.2. The molecule has 116 valence electrons. The second-order valence-electron chi connectivity index (χ2n) is 6.04. The van der Waals surface area contributed by atoms with Gasteiger partial charge in [0.05, 0.1) is 24.1 Å². The Balaban J connectivity index is 1.73. The van der Waals surface area contributed by atoms with Crippen molar-refractivity contribution in [1.82, 2.24) is 19.7 Å². The van der Waals surface area contributed by atoms with E-state index in [1.807, 2.05) is 18.5 Å². The smallest absolute Gasteiger partial charge is 0.274 e. The second-order valence-corrected chi connectivity index (χ2v) is 6.04. The molecular formula is C16H21N5O. The normalized spacial score (nSPS) is 15.4. The first kappa shape index (κ1) is 14.7. The average Bonchev–Trinajstić information content (AvgIpc) is 3.18. The monoisotopic (exact) mass is 299 g/mol. The Kier molecular flexibility index (Phi) is 4.18. The zero-order valence-corrected chi connectivity index (χ0v) is 13.0. The van der Waals surface area contributed by atoms with Crippen LogP contribution in [0.5, 0.6) is 0 Å². The van der Waals surface area contributed by atoms with Gasteiger partial charge in [0.25, 0.3) is 5.91 Å². The van der Waals surface area contributed by atoms with Gasteiger partial charge in [-0.1, -0.05) is 26.7 Å². The van der Waals surface area contributed by atoms with E-state index in [4.69, 9.17) is 0 Å². The molecule has 1 aliphatic rings. The van der Waals surface area contributed by atoms with Gasteiger partial charge in [-0.15, -0.1) is 0 Å². The predicted molar refractivity (Wildman–Crippen MR) is 83.8 cm³/mol. The molecule has 6 heteroatoms. The Morgan fingerprint density at radius 1 is 1.27 bits per heavy atom. The van der Waals surface area contributed by atoms with Crippen LogP contribution in [-0.4, -0.2) is 25.7 Å². The molecule has 0 radical (unpaired) electrons. The first-order valence-corrected chi connectivity index (χ1v) is 7.82. The predicted octanol–water partition coefficient (Wildman–Crippen LogP) is 3.16. The molecule has 0 unspecified atom stereocenters. The summed E-state index contributed by atoms with van der Waals surface area (Å²) in [5.41, 5.74) is 1.20. The maximum Gasteiger partial charge on any atom is 0.274 e. The number of hydrogen-bond acceptors (Lipinski definition) is 4. The van der Waals surface area contributed by atoms with Crippen LogP contribution in [0.2, 0.25) is 0 Å². The van der Waals surface area contributed by atoms with Crippen LogP contribution in [0.1, 0.15) is 67.8 Å². The van der Waals surface area contributed by atoms with Gasteiger partial charge in [-0.2, -0.15) is 5.10 Å². The summed E-state index contributed by atoms with van der Waals surface area (Å²) in [5.74, 6) is 0.882. The van der Waals surface area contributed by atoms with Gasteiger partial charge in [-0.25, -0.2) is 9.97 Å². The van der Waals surface area contributed by atoms with Crippen molar-refractivity contribution in [3.8, 4) is 0 Å². The number of carbonyl (C=O) groups is 1. The molecule has 0 saturated heterocycles. The number of rotatable bonds is 4. The van der Waals surface area contributed by atoms with E-state index in [1.54, 1.807) is 24.7 Å². The molecule has 0 aliphatic heterocycles. The van der Waals surface area contributed by atoms with Gasteiger partial charge in [0, 0.05) is 12.1 Å². The topological polar surface area (TPSA) is 72.7 Å². The molecule has 1 amide bonds. The number of carbonyl (C=O) groups excluding carboxylic acids is 1. The van der Waals surface area contributed by atoms with Crippen molar-refractivity contribution in [3.05, 3.63) is 36.2 Å². The van der Waals surface area contributed by atoms with Crippen molar-refractivity contribution in [2.45, 2.75) is 51.5 Å². The van der Waals surface area contributed by atoms with Crippen molar-refractivity contribution >= 4 is 11.6 Å². The van der Waals surface area contributed by atoms with Crippen molar-refractivity contribution in [2.75, 3.05) is 5.32 Å². The van der Waals surface area contributed by atoms with Crippen LogP contribution in [0.4, 0.5) is 5.69 Å². The first-order valence-electron chi connectivity index (χ1n) is 7.82. The largest absolute Gasteiger partial charge is 0.318 e. The lowest BCUT2D eigenvalue weighted by atomic mass is 10.2. The van der Waals surface area contributed by atoms with E-state index in [2.05, 4.69) is 20.4 Å². The van der Waals surface area contributed by atoms with Gasteiger partial charge < -0.3 is 5.32 Å². The van der Waals surface area contributed by atoms with Gasteiger partial charge in [0.2, 0.25) is 0 Å². The van der Waals surface area contributed by atoms with Crippen molar-refractivity contribution < 1.29 is 4.79 Å². The third-order valence-electron chi connectivity index (χ3n) is 4.02. The van der Waals surface area contributed by atoms with Crippen LogP contribution >= 0.6 is 0 Å². The van der Waals surface area contributed by atoms with Crippen molar-refractivity contribution in [2.24, 2.45) is 0 Å². The lowest BCUT2D eigenvalue weighted by molar-refractivity contribution is 0.101. The summed E-state index contributed by atoms with van der Waals surface area (Å²) in [6.07, 6.45) is 9.58. The van der Waals surface area contributed by atoms with E-state index in [0.717, 1.165) is 18.7 Å². The summed E-state index contributed by atoms with van der Waals surface area (Å²) in [6, 6.07) is 2.10. The molecule has 1 aliphatic carbocycles. The minimum Gasteiger partial charge on any atom is -0.318 e. The minimum absolute atomic E-state index is 0.162. The fraction of sp³-hybridized carbons (Fsp3) is 0.500. The maximum atomic E-state index is 12.4. The fourth-order valence-corrected chi connectivity index (χ4v) is 2.83. The number of hydrogen-bond donors (Lipinski definition) is 1. The number of nitrogens with one attached hydrogen (secondary N) is 1. The molecule has 2 heterocycles. The van der Waals surface area contributed by atoms with Crippen molar-refractivity contribution in [3.63, 3.8) is 0 Å². The number of anilines is 1. The molecule has 1 N–H and O–H groups in total. The van der Waals surface area contributed by atoms with Crippen LogP contribution in [0.15, 0.2) is 24.7 Å². The maximum absolute atomic E-state index is 12.4. The van der Waals surface area contributed by atoms with E-state index in [1.165, 1.54) is 12.8 Å². The summed E-state index contributed by atoms with van der Waals surface area (Å²) in [7, 11) is 0. The van der Waals surface area contributed by atoms with Crippen LogP contribution < -0.4 is 5.32 Å². The van der Waals surface area contributed by atoms with E-state index in [9.17, 15) is 4.79 Å². The highest BCUT2D eigenvalue weighted by Crippen LogP contribution is 2.29. The molecule has 3 rings (SSSR count). The molecule has 0 spiro atoms. The van der Waals surface area contributed by atoms with Gasteiger partial charge in [0.1, 0.15) is 11.5 Å². The molecule has 22 heavy (non-hydrogen) atoms. The highest BCUT2D eigenvalue weighted by molar-refractivity contribution is 6.02. The summed E-state index contributed by atoms with van der Waals surface area (Å²) >= 11 is 0. The van der Waals surface area contributed by atoms with E-state index in [0.29, 0.717) is 17.4 Å². The molecule has 0 bridgehead atoms. The first-order chi connectivity index (χ1) is 10.6. The van der Waals surface area contributed by atoms with Crippen LogP contribution in [-0.2, 0) is 0 Å². The molecule has 0 aromatic carbocycles. The van der Waals surface area contributed by atoms with Gasteiger partial charge in [-0.05, 0) is 18.9 Å². The SMILES string of the molecule is CC(C)c1ncc(NC(=O)c2ccnn2C2CCCC2)cn1. The number of aromatic nitrogens is 4. The molecule has 6 nitrogen and oxygen atoms in total. The standard InChI is InChI=1S/C16H21N5O/c1-11(2)15-17-9-12(10-18-15)20-16(22)14-7-8-19-21(14)13-5-3-4-6-13/h7-11,13H,3-6H2,1-2H3,(H,20,22). The molecule has 1 saturated carbocycles. The number of nitrogens with zero attached hydrogens (tertiary/aromatic N) is 4. The summed E-state index contributed by atoms with van der Waals surface area (Å²) < 4.78 is 1.85.